The van der Waals surface area contributed by atoms with Crippen molar-refractivity contribution in [3.63, 3.8) is 0 Å². The Morgan fingerprint density at radius 1 is 0.738 bits per heavy atom. The first kappa shape index (κ1) is 32.2. The van der Waals surface area contributed by atoms with Crippen molar-refractivity contribution in [3.8, 4) is 0 Å². The average molecular weight is 637 g/mol. The lowest BCUT2D eigenvalue weighted by Gasteiger charge is -2.45. The van der Waals surface area contributed by atoms with E-state index in [1.54, 1.807) is 0 Å². The van der Waals surface area contributed by atoms with E-state index in [0.29, 0.717) is 6.61 Å². The molecule has 8 nitrogen and oxygen atoms in total. The van der Waals surface area contributed by atoms with Crippen LogP contribution in [0.15, 0.2) is 91.0 Å². The fourth-order valence-electron chi connectivity index (χ4n) is 4.40. The third-order valence-corrected chi connectivity index (χ3v) is 6.86. The largest absolute Gasteiger partial charge is 0.453 e. The Morgan fingerprint density at radius 2 is 1.21 bits per heavy atom. The zero-order valence-corrected chi connectivity index (χ0v) is 25.1. The summed E-state index contributed by atoms with van der Waals surface area (Å²) in [5.74, 6) is -1.32. The Morgan fingerprint density at radius 3 is 1.69 bits per heavy atom. The highest BCUT2D eigenvalue weighted by Gasteiger charge is 2.52. The minimum atomic E-state index is -2.18. The fourth-order valence-corrected chi connectivity index (χ4v) is 4.53. The van der Waals surface area contributed by atoms with Gasteiger partial charge in [-0.05, 0) is 16.7 Å². The van der Waals surface area contributed by atoms with Crippen molar-refractivity contribution in [1.82, 2.24) is 0 Å². The molecule has 0 spiro atoms. The molecule has 0 aliphatic carbocycles. The van der Waals surface area contributed by atoms with E-state index in [0.717, 1.165) is 16.7 Å². The third kappa shape index (κ3) is 9.67. The van der Waals surface area contributed by atoms with Crippen LogP contribution < -0.4 is 0 Å². The van der Waals surface area contributed by atoms with Gasteiger partial charge in [-0.25, -0.2) is 0 Å². The van der Waals surface area contributed by atoms with Crippen molar-refractivity contribution < 1.29 is 33.2 Å². The van der Waals surface area contributed by atoms with Gasteiger partial charge in [-0.2, -0.15) is 0 Å². The third-order valence-electron chi connectivity index (χ3n) is 6.35. The molecule has 3 aromatic carbocycles. The minimum absolute atomic E-state index is 0.0628. The van der Waals surface area contributed by atoms with Gasteiger partial charge >= 0.3 is 5.97 Å². The first-order chi connectivity index (χ1) is 20.2. The summed E-state index contributed by atoms with van der Waals surface area (Å²) in [5.41, 5.74) is 2.77. The molecular formula is C31H32Cl3NO7. The zero-order valence-electron chi connectivity index (χ0n) is 22.9. The summed E-state index contributed by atoms with van der Waals surface area (Å²) in [5, 5.41) is 8.17. The van der Waals surface area contributed by atoms with Crippen LogP contribution in [0.5, 0.6) is 0 Å². The number of hydrogen-bond donors (Lipinski definition) is 1. The van der Waals surface area contributed by atoms with Crippen molar-refractivity contribution in [3.05, 3.63) is 108 Å². The van der Waals surface area contributed by atoms with E-state index in [1.807, 2.05) is 91.0 Å². The molecule has 0 amide bonds. The second kappa shape index (κ2) is 15.7. The summed E-state index contributed by atoms with van der Waals surface area (Å²) >= 11 is 17.7. The van der Waals surface area contributed by atoms with Crippen LogP contribution in [0.2, 0.25) is 0 Å². The predicted molar refractivity (Wildman–Crippen MR) is 159 cm³/mol. The predicted octanol–water partition coefficient (Wildman–Crippen LogP) is 6.39. The molecule has 0 aromatic heterocycles. The number of esters is 1. The van der Waals surface area contributed by atoms with Gasteiger partial charge in [-0.15, -0.1) is 0 Å². The molecule has 1 aliphatic heterocycles. The highest BCUT2D eigenvalue weighted by Crippen LogP contribution is 2.34. The van der Waals surface area contributed by atoms with Crippen LogP contribution in [0.1, 0.15) is 23.6 Å². The topological polar surface area (TPSA) is 96.3 Å². The van der Waals surface area contributed by atoms with Gasteiger partial charge in [0, 0.05) is 6.92 Å². The molecule has 1 fully saturated rings. The van der Waals surface area contributed by atoms with Gasteiger partial charge in [-0.1, -0.05) is 126 Å². The van der Waals surface area contributed by atoms with E-state index < -0.39 is 46.4 Å². The van der Waals surface area contributed by atoms with Crippen LogP contribution in [0.3, 0.4) is 0 Å². The molecule has 1 saturated heterocycles. The van der Waals surface area contributed by atoms with Crippen molar-refractivity contribution >= 4 is 46.7 Å². The van der Waals surface area contributed by atoms with E-state index in [9.17, 15) is 4.79 Å². The first-order valence-electron chi connectivity index (χ1n) is 13.3. The molecule has 42 heavy (non-hydrogen) atoms. The first-order valence-corrected chi connectivity index (χ1v) is 14.4. The van der Waals surface area contributed by atoms with Gasteiger partial charge in [0.1, 0.15) is 18.3 Å². The smallest absolute Gasteiger partial charge is 0.303 e. The number of benzene rings is 3. The van der Waals surface area contributed by atoms with Gasteiger partial charge in [0.05, 0.1) is 26.4 Å². The van der Waals surface area contributed by atoms with Crippen LogP contribution in [-0.2, 0) is 53.0 Å². The summed E-state index contributed by atoms with van der Waals surface area (Å²) in [6.45, 7) is 2.01. The van der Waals surface area contributed by atoms with Gasteiger partial charge in [0.25, 0.3) is 3.79 Å². The number of halogens is 3. The van der Waals surface area contributed by atoms with Crippen molar-refractivity contribution in [1.29, 1.82) is 5.41 Å². The summed E-state index contributed by atoms with van der Waals surface area (Å²) in [6.07, 6.45) is -5.01. The molecule has 0 saturated carbocycles. The molecule has 0 radical (unpaired) electrons. The molecule has 3 aromatic rings. The lowest BCUT2D eigenvalue weighted by atomic mass is 9.98. The maximum absolute atomic E-state index is 12.3. The van der Waals surface area contributed by atoms with Crippen molar-refractivity contribution in [2.75, 3.05) is 6.61 Å². The summed E-state index contributed by atoms with van der Waals surface area (Å²) in [6, 6.07) is 28.8. The summed E-state index contributed by atoms with van der Waals surface area (Å²) < 4.78 is 34.2. The molecule has 5 atom stereocenters. The van der Waals surface area contributed by atoms with Crippen molar-refractivity contribution in [2.24, 2.45) is 0 Å². The number of hydrogen-bond acceptors (Lipinski definition) is 8. The van der Waals surface area contributed by atoms with Gasteiger partial charge in [0.2, 0.25) is 12.2 Å². The normalized spacial score (nSPS) is 22.3. The summed E-state index contributed by atoms with van der Waals surface area (Å²) in [4.78, 5) is 12.3. The van der Waals surface area contributed by atoms with Gasteiger partial charge in [0.15, 0.2) is 6.10 Å². The monoisotopic (exact) mass is 635 g/mol. The van der Waals surface area contributed by atoms with E-state index >= 15 is 0 Å². The fraction of sp³-hybridized carbons (Fsp3) is 0.355. The van der Waals surface area contributed by atoms with E-state index in [4.69, 9.17) is 68.6 Å². The molecule has 3 unspecified atom stereocenters. The van der Waals surface area contributed by atoms with E-state index in [2.05, 4.69) is 0 Å². The summed E-state index contributed by atoms with van der Waals surface area (Å²) in [7, 11) is 0. The number of ether oxygens (including phenoxy) is 6. The molecule has 1 aliphatic rings. The zero-order chi connectivity index (χ0) is 30.0. The second-order valence-electron chi connectivity index (χ2n) is 9.58. The molecule has 0 bridgehead atoms. The number of nitrogens with one attached hydrogen (secondary N) is 1. The Hall–Kier alpha value is -2.69. The molecule has 11 heteroatoms. The Kier molecular flexibility index (Phi) is 12.0. The lowest BCUT2D eigenvalue weighted by Crippen LogP contribution is -2.62. The maximum atomic E-state index is 12.3. The average Bonchev–Trinajstić information content (AvgIpc) is 2.97. The molecule has 224 valence electrons. The number of alkyl halides is 3. The van der Waals surface area contributed by atoms with Crippen LogP contribution in [0.4, 0.5) is 0 Å². The van der Waals surface area contributed by atoms with Crippen LogP contribution >= 0.6 is 34.8 Å². The van der Waals surface area contributed by atoms with Gasteiger partial charge < -0.3 is 28.4 Å². The number of carbonyl (C=O) groups excluding carboxylic acids is 1. The highest BCUT2D eigenvalue weighted by molar-refractivity contribution is 6.76. The Balaban J connectivity index is 1.64. The highest BCUT2D eigenvalue weighted by atomic mass is 35.6. The molecule has 1 heterocycles. The van der Waals surface area contributed by atoms with Gasteiger partial charge in [-0.3, -0.25) is 10.2 Å². The standard InChI is InChI=1S/C31H32Cl3NO7/c1-21(36)40-28-27(39-19-24-15-9-4-10-16-24)26(38-18-23-13-7-3-8-14-23)25(20-37-17-22-11-5-2-6-12-22)41-29(28)42-30(35)31(32,33)34/h2-16,25-29,35H,17-20H2,1H3/t25?,26-,27?,28?,29+/m0/s1. The molecule has 4 rings (SSSR count). The number of rotatable bonds is 12. The Labute approximate surface area is 260 Å². The van der Waals surface area contributed by atoms with Crippen molar-refractivity contribution in [2.45, 2.75) is 61.2 Å². The molecule has 1 N–H and O–H groups in total. The van der Waals surface area contributed by atoms with E-state index in [-0.39, 0.29) is 19.8 Å². The van der Waals surface area contributed by atoms with Crippen LogP contribution in [-0.4, -0.2) is 53.0 Å². The SMILES string of the molecule is CC(=O)OC1C(OCc2ccccc2)[C@@H](OCc2ccccc2)C(COCc2ccccc2)O[C@@H]1OC(=N)C(Cl)(Cl)Cl. The van der Waals surface area contributed by atoms with E-state index in [1.165, 1.54) is 6.92 Å². The maximum Gasteiger partial charge on any atom is 0.303 e. The lowest BCUT2D eigenvalue weighted by molar-refractivity contribution is -0.305. The minimum Gasteiger partial charge on any atom is -0.453 e. The molecular weight excluding hydrogens is 605 g/mol. The number of carbonyl (C=O) groups is 1. The quantitative estimate of drug-likeness (QED) is 0.106. The Bertz CT molecular complexity index is 1260. The van der Waals surface area contributed by atoms with Crippen LogP contribution in [0.25, 0.3) is 0 Å². The second-order valence-corrected chi connectivity index (χ2v) is 11.9. The van der Waals surface area contributed by atoms with Crippen LogP contribution in [0, 0.1) is 5.41 Å².